The Hall–Kier alpha value is -1.34. The largest absolute Gasteiger partial charge is 0.479 e. The van der Waals surface area contributed by atoms with Crippen LogP contribution in [-0.2, 0) is 13.8 Å². The number of ether oxygens (including phenoxy) is 1. The Kier molecular flexibility index (Phi) is 3.69. The number of nitrogens with zero attached hydrogens (tertiary/aromatic N) is 1. The summed E-state index contributed by atoms with van der Waals surface area (Å²) in [6.07, 6.45) is -0.332. The number of halogens is 2. The molecule has 5 nitrogen and oxygen atoms in total. The molecule has 1 aliphatic rings. The lowest BCUT2D eigenvalue weighted by Crippen LogP contribution is -2.29. The summed E-state index contributed by atoms with van der Waals surface area (Å²) >= 11 is 0. The standard InChI is InChI=1S/C11H11ClFNO4S/c1-14-5-4-9(11(14)15)18-8-3-2-7(13)6-10(8)19(12,16)17/h2-3,6,9H,4-5H2,1H3. The fourth-order valence-electron chi connectivity index (χ4n) is 1.82. The molecule has 2 rings (SSSR count). The summed E-state index contributed by atoms with van der Waals surface area (Å²) < 4.78 is 41.1. The summed E-state index contributed by atoms with van der Waals surface area (Å²) in [5.74, 6) is -1.12. The molecule has 0 saturated carbocycles. The summed E-state index contributed by atoms with van der Waals surface area (Å²) in [7, 11) is 2.69. The first-order chi connectivity index (χ1) is 8.79. The third kappa shape index (κ3) is 2.98. The van der Waals surface area contributed by atoms with E-state index in [1.54, 1.807) is 7.05 Å². The lowest BCUT2D eigenvalue weighted by atomic mass is 10.3. The van der Waals surface area contributed by atoms with Crippen LogP contribution in [0.2, 0.25) is 0 Å². The van der Waals surface area contributed by atoms with Crippen LogP contribution >= 0.6 is 10.7 Å². The molecule has 8 heteroatoms. The first-order valence-corrected chi connectivity index (χ1v) is 7.76. The number of rotatable bonds is 3. The highest BCUT2D eigenvalue weighted by Crippen LogP contribution is 2.30. The summed E-state index contributed by atoms with van der Waals surface area (Å²) in [6.45, 7) is 0.521. The fourth-order valence-corrected chi connectivity index (χ4v) is 2.79. The van der Waals surface area contributed by atoms with E-state index >= 15 is 0 Å². The zero-order valence-electron chi connectivity index (χ0n) is 9.97. The molecule has 1 unspecified atom stereocenters. The molecule has 0 radical (unpaired) electrons. The number of carbonyl (C=O) groups excluding carboxylic acids is 1. The van der Waals surface area contributed by atoms with Gasteiger partial charge in [-0.05, 0) is 18.2 Å². The molecule has 104 valence electrons. The van der Waals surface area contributed by atoms with E-state index in [4.69, 9.17) is 15.4 Å². The minimum Gasteiger partial charge on any atom is -0.479 e. The van der Waals surface area contributed by atoms with Crippen molar-refractivity contribution in [1.82, 2.24) is 4.90 Å². The number of likely N-dealkylation sites (tertiary alicyclic amines) is 1. The Morgan fingerprint density at radius 3 is 2.68 bits per heavy atom. The highest BCUT2D eigenvalue weighted by Gasteiger charge is 2.32. The third-order valence-electron chi connectivity index (χ3n) is 2.82. The Bertz CT molecular complexity index is 619. The van der Waals surface area contributed by atoms with Gasteiger partial charge in [-0.15, -0.1) is 0 Å². The van der Waals surface area contributed by atoms with E-state index < -0.39 is 25.9 Å². The number of carbonyl (C=O) groups is 1. The number of hydrogen-bond acceptors (Lipinski definition) is 4. The monoisotopic (exact) mass is 307 g/mol. The van der Waals surface area contributed by atoms with Gasteiger partial charge in [0.05, 0.1) is 0 Å². The van der Waals surface area contributed by atoms with Crippen LogP contribution in [0.4, 0.5) is 4.39 Å². The van der Waals surface area contributed by atoms with Crippen LogP contribution in [0.5, 0.6) is 5.75 Å². The van der Waals surface area contributed by atoms with Gasteiger partial charge in [-0.2, -0.15) is 0 Å². The van der Waals surface area contributed by atoms with Crippen molar-refractivity contribution in [3.8, 4) is 5.75 Å². The zero-order valence-corrected chi connectivity index (χ0v) is 11.5. The number of hydrogen-bond donors (Lipinski definition) is 0. The normalized spacial score (nSPS) is 19.8. The van der Waals surface area contributed by atoms with Crippen molar-refractivity contribution >= 4 is 25.6 Å². The van der Waals surface area contributed by atoms with E-state index in [2.05, 4.69) is 0 Å². The second-order valence-electron chi connectivity index (χ2n) is 4.18. The number of benzene rings is 1. The van der Waals surface area contributed by atoms with Gasteiger partial charge >= 0.3 is 0 Å². The first kappa shape index (κ1) is 14.1. The van der Waals surface area contributed by atoms with E-state index in [0.717, 1.165) is 18.2 Å². The molecule has 1 heterocycles. The molecule has 19 heavy (non-hydrogen) atoms. The molecule has 0 bridgehead atoms. The van der Waals surface area contributed by atoms with Gasteiger partial charge in [-0.3, -0.25) is 4.79 Å². The molecular formula is C11H11ClFNO4S. The number of amides is 1. The van der Waals surface area contributed by atoms with Crippen LogP contribution in [-0.4, -0.2) is 38.9 Å². The molecule has 1 atom stereocenters. The Morgan fingerprint density at radius 2 is 2.16 bits per heavy atom. The van der Waals surface area contributed by atoms with E-state index in [9.17, 15) is 17.6 Å². The summed E-state index contributed by atoms with van der Waals surface area (Å²) in [6, 6.07) is 2.96. The average Bonchev–Trinajstić information content (AvgIpc) is 2.62. The summed E-state index contributed by atoms with van der Waals surface area (Å²) in [5.41, 5.74) is 0. The van der Waals surface area contributed by atoms with E-state index in [1.807, 2.05) is 0 Å². The quantitative estimate of drug-likeness (QED) is 0.791. The summed E-state index contributed by atoms with van der Waals surface area (Å²) in [4.78, 5) is 12.7. The average molecular weight is 308 g/mol. The zero-order chi connectivity index (χ0) is 14.2. The molecule has 0 spiro atoms. The van der Waals surface area contributed by atoms with E-state index in [0.29, 0.717) is 13.0 Å². The van der Waals surface area contributed by atoms with Crippen molar-refractivity contribution in [3.05, 3.63) is 24.0 Å². The molecular weight excluding hydrogens is 297 g/mol. The molecule has 1 aromatic carbocycles. The van der Waals surface area contributed by atoms with Crippen LogP contribution in [0.1, 0.15) is 6.42 Å². The van der Waals surface area contributed by atoms with Gasteiger partial charge in [0.1, 0.15) is 16.5 Å². The Balaban J connectivity index is 2.33. The van der Waals surface area contributed by atoms with Crippen molar-refractivity contribution in [2.45, 2.75) is 17.4 Å². The fraction of sp³-hybridized carbons (Fsp3) is 0.364. The van der Waals surface area contributed by atoms with Crippen LogP contribution in [0.25, 0.3) is 0 Å². The SMILES string of the molecule is CN1CCC(Oc2ccc(F)cc2S(=O)(=O)Cl)C1=O. The van der Waals surface area contributed by atoms with Crippen LogP contribution in [0.3, 0.4) is 0 Å². The Morgan fingerprint density at radius 1 is 1.47 bits per heavy atom. The second-order valence-corrected chi connectivity index (χ2v) is 6.72. The topological polar surface area (TPSA) is 63.7 Å². The third-order valence-corrected chi connectivity index (χ3v) is 4.16. The maximum absolute atomic E-state index is 13.1. The van der Waals surface area contributed by atoms with Gasteiger partial charge < -0.3 is 9.64 Å². The van der Waals surface area contributed by atoms with Gasteiger partial charge in [0.2, 0.25) is 0 Å². The van der Waals surface area contributed by atoms with Gasteiger partial charge in [0.25, 0.3) is 15.0 Å². The predicted molar refractivity (Wildman–Crippen MR) is 66.1 cm³/mol. The van der Waals surface area contributed by atoms with Crippen LogP contribution < -0.4 is 4.74 Å². The van der Waals surface area contributed by atoms with Gasteiger partial charge in [-0.1, -0.05) is 0 Å². The molecule has 1 aromatic rings. The molecule has 0 N–H and O–H groups in total. The van der Waals surface area contributed by atoms with Gasteiger partial charge in [0.15, 0.2) is 6.10 Å². The minimum absolute atomic E-state index is 0.120. The highest BCUT2D eigenvalue weighted by atomic mass is 35.7. The van der Waals surface area contributed by atoms with Gasteiger partial charge in [-0.25, -0.2) is 12.8 Å². The highest BCUT2D eigenvalue weighted by molar-refractivity contribution is 8.13. The lowest BCUT2D eigenvalue weighted by Gasteiger charge is -2.14. The maximum Gasteiger partial charge on any atom is 0.265 e. The molecule has 0 aliphatic carbocycles. The minimum atomic E-state index is -4.15. The van der Waals surface area contributed by atoms with Gasteiger partial charge in [0, 0.05) is 30.7 Å². The lowest BCUT2D eigenvalue weighted by molar-refractivity contribution is -0.132. The predicted octanol–water partition coefficient (Wildman–Crippen LogP) is 1.36. The Labute approximate surface area is 114 Å². The second kappa shape index (κ2) is 4.97. The summed E-state index contributed by atoms with van der Waals surface area (Å²) in [5, 5.41) is 0. The van der Waals surface area contributed by atoms with Crippen LogP contribution in [0, 0.1) is 5.82 Å². The van der Waals surface area contributed by atoms with Crippen molar-refractivity contribution in [2.24, 2.45) is 0 Å². The smallest absolute Gasteiger partial charge is 0.265 e. The molecule has 1 fully saturated rings. The van der Waals surface area contributed by atoms with Crippen molar-refractivity contribution < 1.29 is 22.3 Å². The molecule has 0 aromatic heterocycles. The molecule has 1 amide bonds. The van der Waals surface area contributed by atoms with Crippen LogP contribution in [0.15, 0.2) is 23.1 Å². The van der Waals surface area contributed by atoms with Crippen molar-refractivity contribution in [2.75, 3.05) is 13.6 Å². The van der Waals surface area contributed by atoms with Crippen molar-refractivity contribution in [1.29, 1.82) is 0 Å². The maximum atomic E-state index is 13.1. The first-order valence-electron chi connectivity index (χ1n) is 5.45. The molecule has 1 saturated heterocycles. The molecule has 1 aliphatic heterocycles. The van der Waals surface area contributed by atoms with Crippen molar-refractivity contribution in [3.63, 3.8) is 0 Å². The number of likely N-dealkylation sites (N-methyl/N-ethyl adjacent to an activating group) is 1. The van der Waals surface area contributed by atoms with E-state index in [1.165, 1.54) is 4.90 Å². The van der Waals surface area contributed by atoms with E-state index in [-0.39, 0.29) is 11.7 Å².